The molecular weight excluding hydrogens is 276 g/mol. The van der Waals surface area contributed by atoms with Crippen LogP contribution in [0.5, 0.6) is 0 Å². The highest BCUT2D eigenvalue weighted by Gasteiger charge is 2.44. The first kappa shape index (κ1) is 13.2. The Morgan fingerprint density at radius 1 is 1.32 bits per heavy atom. The second-order valence-corrected chi connectivity index (χ2v) is 6.46. The van der Waals surface area contributed by atoms with Crippen molar-refractivity contribution in [3.05, 3.63) is 28.2 Å². The predicted molar refractivity (Wildman–Crippen MR) is 87.8 cm³/mol. The van der Waals surface area contributed by atoms with Crippen LogP contribution >= 0.6 is 0 Å². The summed E-state index contributed by atoms with van der Waals surface area (Å²) >= 11 is 0. The van der Waals surface area contributed by atoms with Gasteiger partial charge in [0, 0.05) is 18.5 Å². The highest BCUT2D eigenvalue weighted by molar-refractivity contribution is 5.95. The van der Waals surface area contributed by atoms with Gasteiger partial charge in [0.25, 0.3) is 5.56 Å². The Kier molecular flexibility index (Phi) is 2.70. The van der Waals surface area contributed by atoms with Gasteiger partial charge >= 0.3 is 0 Å². The minimum Gasteiger partial charge on any atom is -0.384 e. The zero-order valence-electron chi connectivity index (χ0n) is 12.4. The summed E-state index contributed by atoms with van der Waals surface area (Å²) in [6.45, 7) is 1.88. The molecule has 1 spiro atoms. The van der Waals surface area contributed by atoms with E-state index in [0.29, 0.717) is 22.3 Å². The van der Waals surface area contributed by atoms with Gasteiger partial charge in [-0.1, -0.05) is 5.92 Å². The highest BCUT2D eigenvalue weighted by Crippen LogP contribution is 2.54. The molecule has 0 amide bonds. The summed E-state index contributed by atoms with van der Waals surface area (Å²) in [6, 6.07) is 1.79. The number of piperidine rings is 1. The molecule has 3 heterocycles. The zero-order chi connectivity index (χ0) is 15.3. The molecule has 22 heavy (non-hydrogen) atoms. The summed E-state index contributed by atoms with van der Waals surface area (Å²) < 4.78 is 0. The van der Waals surface area contributed by atoms with Crippen molar-refractivity contribution in [1.29, 1.82) is 0 Å². The maximum atomic E-state index is 12.3. The maximum absolute atomic E-state index is 12.3. The van der Waals surface area contributed by atoms with E-state index >= 15 is 0 Å². The number of fused-ring (bicyclic) bond motifs is 1. The molecule has 3 N–H and O–H groups in total. The maximum Gasteiger partial charge on any atom is 0.266 e. The van der Waals surface area contributed by atoms with E-state index in [0.717, 1.165) is 24.2 Å². The summed E-state index contributed by atoms with van der Waals surface area (Å²) in [5.74, 6) is 2.99. The summed E-state index contributed by atoms with van der Waals surface area (Å²) in [6.07, 6.45) is 12.2. The van der Waals surface area contributed by atoms with Crippen LogP contribution in [0, 0.1) is 17.8 Å². The molecule has 0 atom stereocenters. The molecule has 0 aromatic carbocycles. The van der Waals surface area contributed by atoms with Crippen molar-refractivity contribution in [3.8, 4) is 12.3 Å². The molecule has 5 nitrogen and oxygen atoms in total. The van der Waals surface area contributed by atoms with E-state index in [2.05, 4.69) is 20.8 Å². The van der Waals surface area contributed by atoms with E-state index in [1.807, 2.05) is 0 Å². The van der Waals surface area contributed by atoms with E-state index in [1.165, 1.54) is 25.7 Å². The van der Waals surface area contributed by atoms with Gasteiger partial charge in [-0.25, -0.2) is 4.98 Å². The number of nitrogen functional groups attached to an aromatic ring is 1. The van der Waals surface area contributed by atoms with Crippen LogP contribution in [-0.2, 0) is 0 Å². The summed E-state index contributed by atoms with van der Waals surface area (Å²) in [7, 11) is 0. The second kappa shape index (κ2) is 4.51. The van der Waals surface area contributed by atoms with Gasteiger partial charge in [-0.05, 0) is 37.2 Å². The first-order valence-corrected chi connectivity index (χ1v) is 7.65. The first-order valence-electron chi connectivity index (χ1n) is 7.65. The topological polar surface area (TPSA) is 75.0 Å². The lowest BCUT2D eigenvalue weighted by Crippen LogP contribution is -2.36. The van der Waals surface area contributed by atoms with Crippen molar-refractivity contribution in [1.82, 2.24) is 9.97 Å². The molecule has 4 rings (SSSR count). The average molecular weight is 294 g/mol. The Morgan fingerprint density at radius 3 is 2.68 bits per heavy atom. The van der Waals surface area contributed by atoms with E-state index in [-0.39, 0.29) is 5.56 Å². The third-order valence-corrected chi connectivity index (χ3v) is 5.13. The molecule has 0 bridgehead atoms. The third kappa shape index (κ3) is 1.95. The fourth-order valence-corrected chi connectivity index (χ4v) is 3.54. The van der Waals surface area contributed by atoms with Crippen molar-refractivity contribution < 1.29 is 0 Å². The molecule has 1 aliphatic heterocycles. The zero-order valence-corrected chi connectivity index (χ0v) is 12.4. The molecular formula is C17H18N4O. The monoisotopic (exact) mass is 294 g/mol. The fourth-order valence-electron chi connectivity index (χ4n) is 3.54. The number of pyridine rings is 2. The number of nitrogens with zero attached hydrogens (tertiary/aromatic N) is 2. The van der Waals surface area contributed by atoms with E-state index in [9.17, 15) is 4.79 Å². The van der Waals surface area contributed by atoms with Gasteiger partial charge in [0.2, 0.25) is 0 Å². The number of nitrogens with one attached hydrogen (secondary N) is 1. The predicted octanol–water partition coefficient (Wildman–Crippen LogP) is 1.87. The van der Waals surface area contributed by atoms with Crippen molar-refractivity contribution in [2.75, 3.05) is 23.7 Å². The highest BCUT2D eigenvalue weighted by atomic mass is 16.1. The number of hydrogen-bond acceptors (Lipinski definition) is 4. The average Bonchev–Trinajstić information content (AvgIpc) is 3.27. The van der Waals surface area contributed by atoms with Gasteiger partial charge in [0.1, 0.15) is 11.4 Å². The van der Waals surface area contributed by atoms with Crippen LogP contribution in [0.4, 0.5) is 11.5 Å². The van der Waals surface area contributed by atoms with Crippen LogP contribution < -0.4 is 16.2 Å². The van der Waals surface area contributed by atoms with E-state index < -0.39 is 0 Å². The Bertz CT molecular complexity index is 847. The number of terminal acetylenes is 1. The smallest absolute Gasteiger partial charge is 0.266 e. The number of hydrogen-bond donors (Lipinski definition) is 2. The molecule has 2 fully saturated rings. The molecule has 112 valence electrons. The van der Waals surface area contributed by atoms with Gasteiger partial charge in [-0.3, -0.25) is 4.79 Å². The van der Waals surface area contributed by atoms with Crippen LogP contribution in [0.3, 0.4) is 0 Å². The molecule has 1 aliphatic carbocycles. The number of aromatic nitrogens is 2. The lowest BCUT2D eigenvalue weighted by atomic mass is 9.92. The Balaban J connectivity index is 1.88. The first-order chi connectivity index (χ1) is 10.6. The van der Waals surface area contributed by atoms with Crippen molar-refractivity contribution >= 4 is 22.4 Å². The van der Waals surface area contributed by atoms with Gasteiger partial charge in [-0.15, -0.1) is 6.42 Å². The molecule has 2 aromatic heterocycles. The number of H-pyrrole nitrogens is 1. The van der Waals surface area contributed by atoms with Crippen molar-refractivity contribution in [3.63, 3.8) is 0 Å². The van der Waals surface area contributed by atoms with E-state index in [1.54, 1.807) is 12.3 Å². The van der Waals surface area contributed by atoms with Gasteiger partial charge < -0.3 is 15.6 Å². The Hall–Kier alpha value is -2.48. The van der Waals surface area contributed by atoms with Crippen molar-refractivity contribution in [2.45, 2.75) is 25.7 Å². The summed E-state index contributed by atoms with van der Waals surface area (Å²) in [5.41, 5.74) is 8.09. The largest absolute Gasteiger partial charge is 0.384 e. The Labute approximate surface area is 128 Å². The number of rotatable bonds is 1. The van der Waals surface area contributed by atoms with Crippen LogP contribution in [-0.4, -0.2) is 23.1 Å². The SMILES string of the molecule is C#Cc1c(N2CCC3(CC2)CC3)c2cc(N)ncc2[nH]c1=O. The second-order valence-electron chi connectivity index (χ2n) is 6.46. The summed E-state index contributed by atoms with van der Waals surface area (Å²) in [4.78, 5) is 21.4. The van der Waals surface area contributed by atoms with Gasteiger partial charge in [0.15, 0.2) is 0 Å². The summed E-state index contributed by atoms with van der Waals surface area (Å²) in [5, 5.41) is 0.881. The Morgan fingerprint density at radius 2 is 2.05 bits per heavy atom. The number of nitrogens with two attached hydrogens (primary N) is 1. The lowest BCUT2D eigenvalue weighted by molar-refractivity contribution is 0.385. The lowest BCUT2D eigenvalue weighted by Gasteiger charge is -2.35. The van der Waals surface area contributed by atoms with Gasteiger partial charge in [-0.2, -0.15) is 0 Å². The van der Waals surface area contributed by atoms with Crippen LogP contribution in [0.25, 0.3) is 10.9 Å². The van der Waals surface area contributed by atoms with Gasteiger partial charge in [0.05, 0.1) is 17.4 Å². The molecule has 1 saturated heterocycles. The van der Waals surface area contributed by atoms with E-state index in [4.69, 9.17) is 12.2 Å². The van der Waals surface area contributed by atoms with Crippen molar-refractivity contribution in [2.24, 2.45) is 5.41 Å². The molecule has 5 heteroatoms. The normalized spacial score (nSPS) is 19.3. The minimum atomic E-state index is -0.233. The van der Waals surface area contributed by atoms with Crippen LogP contribution in [0.1, 0.15) is 31.2 Å². The minimum absolute atomic E-state index is 0.233. The van der Waals surface area contributed by atoms with Crippen LogP contribution in [0.2, 0.25) is 0 Å². The third-order valence-electron chi connectivity index (χ3n) is 5.13. The molecule has 2 aromatic rings. The fraction of sp³-hybridized carbons (Fsp3) is 0.412. The molecule has 2 aliphatic rings. The quantitative estimate of drug-likeness (QED) is 0.787. The number of aromatic amines is 1. The standard InChI is InChI=1S/C17H18N4O/c1-2-11-15(21-7-5-17(3-4-17)6-8-21)12-9-14(18)19-10-13(12)20-16(11)22/h1,9-10H,3-8H2,(H2,18,19)(H,20,22). The number of anilines is 2. The molecule has 0 unspecified atom stereocenters. The van der Waals surface area contributed by atoms with Crippen LogP contribution in [0.15, 0.2) is 17.1 Å². The molecule has 0 radical (unpaired) electrons. The molecule has 1 saturated carbocycles.